The zero-order valence-electron chi connectivity index (χ0n) is 21.8. The first kappa shape index (κ1) is 32.6. The van der Waals surface area contributed by atoms with Crippen molar-refractivity contribution in [3.63, 3.8) is 0 Å². The summed E-state index contributed by atoms with van der Waals surface area (Å²) in [7, 11) is 1.43. The van der Waals surface area contributed by atoms with E-state index in [4.69, 9.17) is 10.5 Å². The molecule has 0 bridgehead atoms. The summed E-state index contributed by atoms with van der Waals surface area (Å²) in [5.74, 6) is -4.70. The molecule has 3 rings (SSSR count). The summed E-state index contributed by atoms with van der Waals surface area (Å²) >= 11 is 0. The van der Waals surface area contributed by atoms with Crippen molar-refractivity contribution < 1.29 is 36.3 Å². The van der Waals surface area contributed by atoms with Crippen molar-refractivity contribution in [1.29, 1.82) is 0 Å². The van der Waals surface area contributed by atoms with E-state index in [9.17, 15) is 31.5 Å². The lowest BCUT2D eigenvalue weighted by molar-refractivity contribution is -0.137. The third kappa shape index (κ3) is 7.52. The minimum Gasteiger partial charge on any atom is -0.382 e. The van der Waals surface area contributed by atoms with Gasteiger partial charge >= 0.3 is 6.18 Å². The maximum atomic E-state index is 13.7. The number of rotatable bonds is 7. The highest BCUT2D eigenvalue weighted by molar-refractivity contribution is 6.12. The van der Waals surface area contributed by atoms with Crippen LogP contribution < -0.4 is 16.4 Å². The molecule has 1 aromatic heterocycles. The molecule has 2 unspecified atom stereocenters. The fourth-order valence-corrected chi connectivity index (χ4v) is 3.50. The molecule has 218 valence electrons. The number of nitrogens with one attached hydrogen (secondary N) is 2. The van der Waals surface area contributed by atoms with E-state index in [1.165, 1.54) is 7.11 Å². The van der Waals surface area contributed by atoms with E-state index in [2.05, 4.69) is 20.7 Å². The number of hydrogen-bond acceptors (Lipinski definition) is 6. The Morgan fingerprint density at radius 3 is 2.35 bits per heavy atom. The Hall–Kier alpha value is -3.62. The number of benzene rings is 2. The molecule has 1 heterocycles. The second-order valence-corrected chi connectivity index (χ2v) is 9.09. The Kier molecular flexibility index (Phi) is 10.7. The number of halogens is 6. The summed E-state index contributed by atoms with van der Waals surface area (Å²) < 4.78 is 73.1. The second kappa shape index (κ2) is 13.2. The van der Waals surface area contributed by atoms with Crippen LogP contribution in [0.15, 0.2) is 41.4 Å². The predicted octanol–water partition coefficient (Wildman–Crippen LogP) is 4.61. The molecule has 0 saturated heterocycles. The maximum absolute atomic E-state index is 13.7. The number of fused-ring (bicyclic) bond motifs is 1. The minimum atomic E-state index is -4.69. The molecule has 4 N–H and O–H groups in total. The number of guanidine groups is 1. The molecule has 40 heavy (non-hydrogen) atoms. The van der Waals surface area contributed by atoms with Gasteiger partial charge in [0.1, 0.15) is 0 Å². The van der Waals surface area contributed by atoms with Crippen LogP contribution in [0.1, 0.15) is 41.5 Å². The lowest BCUT2D eigenvalue weighted by atomic mass is 10.0. The summed E-state index contributed by atoms with van der Waals surface area (Å²) in [4.78, 5) is 30.1. The average molecular weight is 591 g/mol. The second-order valence-electron chi connectivity index (χ2n) is 9.09. The summed E-state index contributed by atoms with van der Waals surface area (Å²) in [6.07, 6.45) is -4.69. The summed E-state index contributed by atoms with van der Waals surface area (Å²) in [6.45, 7) is 5.11. The quantitative estimate of drug-likeness (QED) is 0.210. The molecule has 0 fully saturated rings. The summed E-state index contributed by atoms with van der Waals surface area (Å²) in [5, 5.41) is 9.39. The Morgan fingerprint density at radius 2 is 1.77 bits per heavy atom. The molecule has 0 aliphatic heterocycles. The molecule has 0 radical (unpaired) electrons. The fourth-order valence-electron chi connectivity index (χ4n) is 3.50. The van der Waals surface area contributed by atoms with Crippen molar-refractivity contribution >= 4 is 46.9 Å². The number of carbonyl (C=O) groups is 2. The van der Waals surface area contributed by atoms with E-state index in [0.717, 1.165) is 35.0 Å². The van der Waals surface area contributed by atoms with Gasteiger partial charge in [-0.3, -0.25) is 14.9 Å². The maximum Gasteiger partial charge on any atom is 0.416 e. The zero-order valence-corrected chi connectivity index (χ0v) is 22.7. The topological polar surface area (TPSA) is 124 Å². The Bertz CT molecular complexity index is 1410. The van der Waals surface area contributed by atoms with Crippen LogP contribution in [0, 0.1) is 17.6 Å². The highest BCUT2D eigenvalue weighted by Gasteiger charge is 2.32. The van der Waals surface area contributed by atoms with Gasteiger partial charge in [0.2, 0.25) is 5.96 Å². The highest BCUT2D eigenvalue weighted by Crippen LogP contribution is 2.33. The summed E-state index contributed by atoms with van der Waals surface area (Å²) in [6, 6.07) is 3.61. The van der Waals surface area contributed by atoms with E-state index in [1.807, 2.05) is 0 Å². The smallest absolute Gasteiger partial charge is 0.382 e. The average Bonchev–Trinajstić information content (AvgIpc) is 3.21. The highest BCUT2D eigenvalue weighted by atomic mass is 35.5. The van der Waals surface area contributed by atoms with Crippen LogP contribution in [-0.4, -0.2) is 53.4 Å². The van der Waals surface area contributed by atoms with Crippen molar-refractivity contribution in [2.75, 3.05) is 19.0 Å². The number of aromatic nitrogens is 2. The molecule has 0 aliphatic carbocycles. The van der Waals surface area contributed by atoms with Crippen molar-refractivity contribution in [1.82, 2.24) is 15.1 Å². The van der Waals surface area contributed by atoms with Gasteiger partial charge in [-0.25, -0.2) is 13.8 Å². The van der Waals surface area contributed by atoms with Crippen LogP contribution in [0.25, 0.3) is 10.9 Å². The van der Waals surface area contributed by atoms with Gasteiger partial charge in [-0.1, -0.05) is 13.8 Å². The third-order valence-corrected chi connectivity index (χ3v) is 5.63. The van der Waals surface area contributed by atoms with Crippen LogP contribution in [0.2, 0.25) is 0 Å². The number of anilines is 1. The van der Waals surface area contributed by atoms with Gasteiger partial charge in [0.05, 0.1) is 29.8 Å². The van der Waals surface area contributed by atoms with Crippen LogP contribution >= 0.6 is 12.4 Å². The SMILES string of the molecule is COCC(C)N=C(NC(=O)c1ccc(F)c(F)c1)Nc1nn(C(=O)C(N)C(C)C)c2cc(C(F)(F)F)ccc12.Cl. The molecule has 0 saturated carbocycles. The largest absolute Gasteiger partial charge is 0.416 e. The standard InChI is InChI=1S/C25H27F5N6O3.ClH/c1-12(2)20(31)23(38)36-19-10-15(25(28,29)30)6-7-16(19)21(35-36)33-24(32-13(3)11-39-4)34-22(37)14-5-8-17(26)18(27)9-14;/h5-10,12-13,20H,11,31H2,1-4H3,(H2,32,33,34,35,37);1H. The van der Waals surface area contributed by atoms with Gasteiger partial charge < -0.3 is 15.8 Å². The van der Waals surface area contributed by atoms with Crippen LogP contribution in [0.3, 0.4) is 0 Å². The first-order valence-electron chi connectivity index (χ1n) is 11.7. The number of ether oxygens (including phenoxy) is 1. The van der Waals surface area contributed by atoms with Gasteiger partial charge in [0.15, 0.2) is 17.5 Å². The van der Waals surface area contributed by atoms with E-state index < -0.39 is 47.3 Å². The monoisotopic (exact) mass is 590 g/mol. The number of nitrogens with two attached hydrogens (primary N) is 1. The van der Waals surface area contributed by atoms with Crippen molar-refractivity contribution in [2.45, 2.75) is 39.0 Å². The van der Waals surface area contributed by atoms with E-state index in [-0.39, 0.29) is 53.2 Å². The predicted molar refractivity (Wildman–Crippen MR) is 142 cm³/mol. The lowest BCUT2D eigenvalue weighted by Gasteiger charge is -2.14. The van der Waals surface area contributed by atoms with Gasteiger partial charge in [0, 0.05) is 18.1 Å². The number of amides is 1. The molecule has 2 aromatic carbocycles. The Morgan fingerprint density at radius 1 is 1.10 bits per heavy atom. The molecular formula is C25H28ClF5N6O3. The van der Waals surface area contributed by atoms with Crippen molar-refractivity contribution in [3.8, 4) is 0 Å². The molecule has 9 nitrogen and oxygen atoms in total. The molecule has 1 amide bonds. The Labute approximate surface area is 232 Å². The van der Waals surface area contributed by atoms with Gasteiger partial charge in [-0.2, -0.15) is 17.9 Å². The number of hydrogen-bond donors (Lipinski definition) is 3. The molecule has 0 aliphatic rings. The number of nitrogens with zero attached hydrogens (tertiary/aromatic N) is 3. The summed E-state index contributed by atoms with van der Waals surface area (Å²) in [5.41, 5.74) is 4.55. The van der Waals surface area contributed by atoms with E-state index in [1.54, 1.807) is 20.8 Å². The third-order valence-electron chi connectivity index (χ3n) is 5.63. The zero-order chi connectivity index (χ0) is 29.1. The number of aliphatic imine (C=N–C) groups is 1. The van der Waals surface area contributed by atoms with Crippen LogP contribution in [0.4, 0.5) is 27.8 Å². The van der Waals surface area contributed by atoms with Gasteiger partial charge in [0.25, 0.3) is 11.8 Å². The molecule has 0 spiro atoms. The first-order valence-corrected chi connectivity index (χ1v) is 11.7. The lowest BCUT2D eigenvalue weighted by Crippen LogP contribution is -2.40. The Balaban J connectivity index is 0.00000560. The first-order chi connectivity index (χ1) is 18.2. The van der Waals surface area contributed by atoms with Crippen LogP contribution in [-0.2, 0) is 10.9 Å². The number of carbonyl (C=O) groups excluding carboxylic acids is 2. The molecular weight excluding hydrogens is 563 g/mol. The number of methoxy groups -OCH3 is 1. The normalized spacial score (nSPS) is 13.6. The molecule has 15 heteroatoms. The fraction of sp³-hybridized carbons (Fsp3) is 0.360. The molecule has 2 atom stereocenters. The molecule has 3 aromatic rings. The van der Waals surface area contributed by atoms with Crippen molar-refractivity contribution in [3.05, 3.63) is 59.2 Å². The van der Waals surface area contributed by atoms with Crippen molar-refractivity contribution in [2.24, 2.45) is 16.6 Å². The van der Waals surface area contributed by atoms with E-state index >= 15 is 0 Å². The van der Waals surface area contributed by atoms with Gasteiger partial charge in [-0.15, -0.1) is 17.5 Å². The van der Waals surface area contributed by atoms with Crippen LogP contribution in [0.5, 0.6) is 0 Å². The van der Waals surface area contributed by atoms with E-state index in [0.29, 0.717) is 6.07 Å². The van der Waals surface area contributed by atoms with Gasteiger partial charge in [-0.05, 0) is 49.2 Å². The minimum absolute atomic E-state index is 0. The number of alkyl halides is 3.